The number of fused-ring (bicyclic) bond motifs is 1. The molecule has 1 unspecified atom stereocenters. The van der Waals surface area contributed by atoms with E-state index >= 15 is 0 Å². The fourth-order valence-corrected chi connectivity index (χ4v) is 3.59. The third-order valence-electron chi connectivity index (χ3n) is 5.78. The molecule has 0 saturated heterocycles. The Kier molecular flexibility index (Phi) is 5.15. The predicted octanol–water partition coefficient (Wildman–Crippen LogP) is 4.70. The Hall–Kier alpha value is -4.02. The van der Waals surface area contributed by atoms with Crippen LogP contribution in [0.3, 0.4) is 0 Å². The molecule has 10 nitrogen and oxygen atoms in total. The van der Waals surface area contributed by atoms with Crippen LogP contribution >= 0.6 is 0 Å². The number of hydrogen-bond donors (Lipinski definition) is 3. The number of nitrogens with zero attached hydrogens (tertiary/aromatic N) is 5. The normalized spacial score (nSPS) is 14.4. The van der Waals surface area contributed by atoms with Crippen molar-refractivity contribution in [3.05, 3.63) is 42.1 Å². The topological polar surface area (TPSA) is 137 Å². The van der Waals surface area contributed by atoms with Gasteiger partial charge < -0.3 is 15.6 Å². The number of carbonyl (C=O) groups excluding carboxylic acids is 1. The predicted molar refractivity (Wildman–Crippen MR) is 121 cm³/mol. The van der Waals surface area contributed by atoms with Gasteiger partial charge in [0.1, 0.15) is 23.7 Å². The Bertz CT molecular complexity index is 1340. The average molecular weight is 450 g/mol. The maximum absolute atomic E-state index is 14.9. The van der Waals surface area contributed by atoms with Crippen LogP contribution in [0.25, 0.3) is 22.3 Å². The quantitative estimate of drug-likeness (QED) is 0.387. The summed E-state index contributed by atoms with van der Waals surface area (Å²) in [5, 5.41) is 14.2. The molecule has 1 aliphatic rings. The highest BCUT2D eigenvalue weighted by Gasteiger charge is 2.29. The Balaban J connectivity index is 1.37. The number of halogens is 1. The molecule has 1 fully saturated rings. The molecular formula is C22H23FN8O2. The number of aromatic nitrogens is 5. The van der Waals surface area contributed by atoms with Crippen molar-refractivity contribution >= 4 is 34.5 Å². The van der Waals surface area contributed by atoms with Crippen LogP contribution in [0.4, 0.5) is 26.6 Å². The van der Waals surface area contributed by atoms with Gasteiger partial charge in [-0.05, 0) is 31.4 Å². The number of hydrogen-bond acceptors (Lipinski definition) is 7. The lowest BCUT2D eigenvalue weighted by atomic mass is 10.1. The first-order valence-electron chi connectivity index (χ1n) is 10.8. The molecule has 1 aliphatic carbocycles. The SMILES string of the molecule is CCC(C)c1cc(NC(=O)Nc2ccc(-c3nn(C4CC4)c4ncnc(N)c34)cc2F)on1. The lowest BCUT2D eigenvalue weighted by Crippen LogP contribution is -2.19. The van der Waals surface area contributed by atoms with Crippen molar-refractivity contribution in [3.63, 3.8) is 0 Å². The van der Waals surface area contributed by atoms with Gasteiger partial charge in [0.05, 0.1) is 22.8 Å². The van der Waals surface area contributed by atoms with Crippen LogP contribution in [0.2, 0.25) is 0 Å². The Labute approximate surface area is 188 Å². The minimum atomic E-state index is -0.644. The molecule has 1 saturated carbocycles. The summed E-state index contributed by atoms with van der Waals surface area (Å²) in [4.78, 5) is 20.7. The summed E-state index contributed by atoms with van der Waals surface area (Å²) in [6.07, 6.45) is 4.31. The van der Waals surface area contributed by atoms with Crippen LogP contribution < -0.4 is 16.4 Å². The van der Waals surface area contributed by atoms with E-state index in [0.29, 0.717) is 22.3 Å². The van der Waals surface area contributed by atoms with Crippen LogP contribution in [-0.4, -0.2) is 30.9 Å². The first-order valence-corrected chi connectivity index (χ1v) is 10.8. The molecule has 2 amide bonds. The van der Waals surface area contributed by atoms with Crippen molar-refractivity contribution in [1.29, 1.82) is 0 Å². The van der Waals surface area contributed by atoms with Gasteiger partial charge in [-0.15, -0.1) is 0 Å². The van der Waals surface area contributed by atoms with Crippen LogP contribution in [0.5, 0.6) is 0 Å². The second-order valence-corrected chi connectivity index (χ2v) is 8.18. The molecule has 3 aromatic heterocycles. The molecule has 4 N–H and O–H groups in total. The van der Waals surface area contributed by atoms with Gasteiger partial charge in [-0.2, -0.15) is 5.10 Å². The first-order chi connectivity index (χ1) is 15.9. The molecule has 1 atom stereocenters. The maximum Gasteiger partial charge on any atom is 0.326 e. The molecule has 1 aromatic carbocycles. The second kappa shape index (κ2) is 8.15. The molecule has 3 heterocycles. The highest BCUT2D eigenvalue weighted by Crippen LogP contribution is 2.40. The number of nitrogen functional groups attached to an aromatic ring is 1. The fourth-order valence-electron chi connectivity index (χ4n) is 3.59. The number of rotatable bonds is 6. The van der Waals surface area contributed by atoms with Crippen LogP contribution in [0, 0.1) is 5.82 Å². The summed E-state index contributed by atoms with van der Waals surface area (Å²) in [6.45, 7) is 4.04. The smallest absolute Gasteiger partial charge is 0.326 e. The third-order valence-corrected chi connectivity index (χ3v) is 5.78. The number of amides is 2. The maximum atomic E-state index is 14.9. The zero-order valence-electron chi connectivity index (χ0n) is 18.2. The molecule has 0 radical (unpaired) electrons. The molecule has 170 valence electrons. The third kappa shape index (κ3) is 3.97. The van der Waals surface area contributed by atoms with E-state index in [1.165, 1.54) is 18.5 Å². The van der Waals surface area contributed by atoms with Gasteiger partial charge in [0, 0.05) is 17.5 Å². The largest absolute Gasteiger partial charge is 0.383 e. The van der Waals surface area contributed by atoms with Gasteiger partial charge in [0.2, 0.25) is 5.88 Å². The van der Waals surface area contributed by atoms with Crippen molar-refractivity contribution in [1.82, 2.24) is 24.9 Å². The van der Waals surface area contributed by atoms with Gasteiger partial charge in [0.25, 0.3) is 0 Å². The van der Waals surface area contributed by atoms with Crippen molar-refractivity contribution in [2.75, 3.05) is 16.4 Å². The number of benzene rings is 1. The van der Waals surface area contributed by atoms with Crippen LogP contribution in [0.15, 0.2) is 35.1 Å². The van der Waals surface area contributed by atoms with Crippen molar-refractivity contribution in [2.45, 2.75) is 45.1 Å². The van der Waals surface area contributed by atoms with E-state index in [1.807, 2.05) is 18.5 Å². The van der Waals surface area contributed by atoms with Crippen molar-refractivity contribution in [2.24, 2.45) is 0 Å². The first kappa shape index (κ1) is 20.9. The zero-order valence-corrected chi connectivity index (χ0v) is 18.2. The van der Waals surface area contributed by atoms with Crippen LogP contribution in [0.1, 0.15) is 50.8 Å². The zero-order chi connectivity index (χ0) is 23.1. The van der Waals surface area contributed by atoms with Gasteiger partial charge in [-0.1, -0.05) is 25.1 Å². The van der Waals surface area contributed by atoms with Gasteiger partial charge >= 0.3 is 6.03 Å². The number of carbonyl (C=O) groups is 1. The van der Waals surface area contributed by atoms with Crippen LogP contribution in [-0.2, 0) is 0 Å². The number of anilines is 3. The fraction of sp³-hybridized carbons (Fsp3) is 0.318. The Morgan fingerprint density at radius 1 is 1.30 bits per heavy atom. The average Bonchev–Trinajstić information content (AvgIpc) is 3.41. The van der Waals surface area contributed by atoms with E-state index in [-0.39, 0.29) is 29.3 Å². The standard InChI is InChI=1S/C22H23FN8O2/c1-3-11(2)16-9-17(33-30-16)28-22(32)27-15-7-4-12(8-14(15)23)19-18-20(24)25-10-26-21(18)31(29-19)13-5-6-13/h4,7-11,13H,3,5-6H2,1-2H3,(H2,24,25,26)(H2,27,28,32). The van der Waals surface area contributed by atoms with E-state index in [9.17, 15) is 9.18 Å². The summed E-state index contributed by atoms with van der Waals surface area (Å²) in [5.41, 5.74) is 8.48. The monoisotopic (exact) mass is 450 g/mol. The van der Waals surface area contributed by atoms with E-state index in [1.54, 1.807) is 12.1 Å². The Morgan fingerprint density at radius 3 is 2.85 bits per heavy atom. The van der Waals surface area contributed by atoms with Crippen molar-refractivity contribution < 1.29 is 13.7 Å². The molecule has 0 aliphatic heterocycles. The molecule has 5 rings (SSSR count). The highest BCUT2D eigenvalue weighted by atomic mass is 19.1. The number of nitrogens with two attached hydrogens (primary N) is 1. The van der Waals surface area contributed by atoms with E-state index in [2.05, 4.69) is 30.9 Å². The molecule has 0 spiro atoms. The highest BCUT2D eigenvalue weighted by molar-refractivity contribution is 6.00. The van der Waals surface area contributed by atoms with Gasteiger partial charge in [-0.3, -0.25) is 5.32 Å². The number of nitrogens with one attached hydrogen (secondary N) is 2. The minimum Gasteiger partial charge on any atom is -0.383 e. The molecule has 0 bridgehead atoms. The van der Waals surface area contributed by atoms with Gasteiger partial charge in [-0.25, -0.2) is 23.8 Å². The summed E-state index contributed by atoms with van der Waals surface area (Å²) in [7, 11) is 0. The summed E-state index contributed by atoms with van der Waals surface area (Å²) in [6, 6.07) is 5.71. The summed E-state index contributed by atoms with van der Waals surface area (Å²) >= 11 is 0. The molecule has 4 aromatic rings. The molecule has 33 heavy (non-hydrogen) atoms. The number of urea groups is 1. The van der Waals surface area contributed by atoms with E-state index in [4.69, 9.17) is 10.3 Å². The molecular weight excluding hydrogens is 427 g/mol. The lowest BCUT2D eigenvalue weighted by molar-refractivity contribution is 0.261. The second-order valence-electron chi connectivity index (χ2n) is 8.18. The van der Waals surface area contributed by atoms with Crippen molar-refractivity contribution in [3.8, 4) is 11.3 Å². The molecule has 11 heteroatoms. The van der Waals surface area contributed by atoms with E-state index < -0.39 is 11.8 Å². The summed E-state index contributed by atoms with van der Waals surface area (Å²) < 4.78 is 21.9. The van der Waals surface area contributed by atoms with E-state index in [0.717, 1.165) is 25.0 Å². The lowest BCUT2D eigenvalue weighted by Gasteiger charge is -2.08. The van der Waals surface area contributed by atoms with Gasteiger partial charge in [0.15, 0.2) is 5.65 Å². The minimum absolute atomic E-state index is 0.00747. The summed E-state index contributed by atoms with van der Waals surface area (Å²) in [5.74, 6) is 0.0569. The Morgan fingerprint density at radius 2 is 2.12 bits per heavy atom.